The van der Waals surface area contributed by atoms with Crippen LogP contribution >= 0.6 is 0 Å². The Hall–Kier alpha value is -0.340. The van der Waals surface area contributed by atoms with Crippen LogP contribution in [0, 0.1) is 5.92 Å². The molecule has 0 aromatic heterocycles. The second kappa shape index (κ2) is 4.52. The number of hydrogen-bond acceptors (Lipinski definition) is 2. The van der Waals surface area contributed by atoms with Crippen molar-refractivity contribution in [2.24, 2.45) is 5.92 Å². The first-order valence-electron chi connectivity index (χ1n) is 4.21. The fourth-order valence-corrected chi connectivity index (χ4v) is 1.41. The second-order valence-electron chi connectivity index (χ2n) is 3.05. The van der Waals surface area contributed by atoms with E-state index < -0.39 is 0 Å². The van der Waals surface area contributed by atoms with Gasteiger partial charge < -0.3 is 9.84 Å². The molecular weight excluding hydrogens is 140 g/mol. The molecule has 0 aromatic rings. The Morgan fingerprint density at radius 2 is 2.45 bits per heavy atom. The van der Waals surface area contributed by atoms with E-state index in [9.17, 15) is 0 Å². The van der Waals surface area contributed by atoms with Gasteiger partial charge in [0.25, 0.3) is 0 Å². The second-order valence-corrected chi connectivity index (χ2v) is 3.05. The van der Waals surface area contributed by atoms with E-state index in [2.05, 4.69) is 6.58 Å². The molecule has 1 fully saturated rings. The quantitative estimate of drug-likeness (QED) is 0.625. The van der Waals surface area contributed by atoms with Crippen molar-refractivity contribution in [2.45, 2.75) is 19.3 Å². The molecule has 0 bridgehead atoms. The van der Waals surface area contributed by atoms with Crippen LogP contribution in [0.4, 0.5) is 0 Å². The highest BCUT2D eigenvalue weighted by Gasteiger charge is 2.15. The highest BCUT2D eigenvalue weighted by molar-refractivity contribution is 5.01. The first-order valence-corrected chi connectivity index (χ1v) is 4.21. The van der Waals surface area contributed by atoms with Gasteiger partial charge in [0.15, 0.2) is 0 Å². The minimum Gasteiger partial charge on any atom is -0.396 e. The SMILES string of the molecule is C=C(CCO)C1CCCOC1. The van der Waals surface area contributed by atoms with Gasteiger partial charge in [-0.15, -0.1) is 0 Å². The van der Waals surface area contributed by atoms with E-state index in [1.54, 1.807) is 0 Å². The molecular formula is C9H16O2. The van der Waals surface area contributed by atoms with E-state index >= 15 is 0 Å². The molecule has 0 saturated carbocycles. The lowest BCUT2D eigenvalue weighted by molar-refractivity contribution is 0.0655. The predicted octanol–water partition coefficient (Wildman–Crippen LogP) is 1.35. The average Bonchev–Trinajstić information content (AvgIpc) is 2.07. The molecule has 1 aliphatic heterocycles. The normalized spacial score (nSPS) is 25.0. The number of aliphatic hydroxyl groups excluding tert-OH is 1. The summed E-state index contributed by atoms with van der Waals surface area (Å²) in [6, 6.07) is 0. The summed E-state index contributed by atoms with van der Waals surface area (Å²) >= 11 is 0. The van der Waals surface area contributed by atoms with Gasteiger partial charge in [-0.3, -0.25) is 0 Å². The topological polar surface area (TPSA) is 29.5 Å². The maximum atomic E-state index is 8.67. The molecule has 1 unspecified atom stereocenters. The van der Waals surface area contributed by atoms with Crippen molar-refractivity contribution in [3.05, 3.63) is 12.2 Å². The average molecular weight is 156 g/mol. The molecule has 2 heteroatoms. The van der Waals surface area contributed by atoms with Crippen LogP contribution in [-0.2, 0) is 4.74 Å². The third-order valence-electron chi connectivity index (χ3n) is 2.17. The molecule has 2 nitrogen and oxygen atoms in total. The van der Waals surface area contributed by atoms with Gasteiger partial charge in [0.2, 0.25) is 0 Å². The Morgan fingerprint density at radius 1 is 1.64 bits per heavy atom. The highest BCUT2D eigenvalue weighted by Crippen LogP contribution is 2.22. The zero-order valence-electron chi connectivity index (χ0n) is 6.88. The molecule has 0 radical (unpaired) electrons. The van der Waals surface area contributed by atoms with Crippen molar-refractivity contribution in [2.75, 3.05) is 19.8 Å². The summed E-state index contributed by atoms with van der Waals surface area (Å²) in [4.78, 5) is 0. The summed E-state index contributed by atoms with van der Waals surface area (Å²) in [5.41, 5.74) is 1.15. The Labute approximate surface area is 67.9 Å². The number of aliphatic hydroxyl groups is 1. The number of ether oxygens (including phenoxy) is 1. The van der Waals surface area contributed by atoms with Gasteiger partial charge in [0.1, 0.15) is 0 Å². The zero-order chi connectivity index (χ0) is 8.10. The van der Waals surface area contributed by atoms with E-state index in [0.717, 1.165) is 31.6 Å². The van der Waals surface area contributed by atoms with E-state index in [1.165, 1.54) is 6.42 Å². The molecule has 1 aliphatic rings. The smallest absolute Gasteiger partial charge is 0.0531 e. The van der Waals surface area contributed by atoms with Crippen LogP contribution in [0.5, 0.6) is 0 Å². The lowest BCUT2D eigenvalue weighted by Gasteiger charge is -2.23. The third-order valence-corrected chi connectivity index (χ3v) is 2.17. The molecule has 11 heavy (non-hydrogen) atoms. The minimum atomic E-state index is 0.218. The maximum Gasteiger partial charge on any atom is 0.0531 e. The van der Waals surface area contributed by atoms with Gasteiger partial charge in [-0.25, -0.2) is 0 Å². The van der Waals surface area contributed by atoms with E-state index in [1.807, 2.05) is 0 Å². The monoisotopic (exact) mass is 156 g/mol. The number of hydrogen-bond donors (Lipinski definition) is 1. The summed E-state index contributed by atoms with van der Waals surface area (Å²) in [7, 11) is 0. The summed E-state index contributed by atoms with van der Waals surface area (Å²) < 4.78 is 5.31. The van der Waals surface area contributed by atoms with Gasteiger partial charge in [-0.2, -0.15) is 0 Å². The lowest BCUT2D eigenvalue weighted by atomic mass is 9.93. The minimum absolute atomic E-state index is 0.218. The fraction of sp³-hybridized carbons (Fsp3) is 0.778. The van der Waals surface area contributed by atoms with Gasteiger partial charge in [-0.05, 0) is 19.3 Å². The van der Waals surface area contributed by atoms with Gasteiger partial charge in [0, 0.05) is 19.1 Å². The van der Waals surface area contributed by atoms with Crippen molar-refractivity contribution in [3.63, 3.8) is 0 Å². The van der Waals surface area contributed by atoms with Crippen molar-refractivity contribution in [1.82, 2.24) is 0 Å². The molecule has 64 valence electrons. The lowest BCUT2D eigenvalue weighted by Crippen LogP contribution is -2.19. The Bertz CT molecular complexity index is 126. The van der Waals surface area contributed by atoms with Crippen molar-refractivity contribution >= 4 is 0 Å². The Kier molecular flexibility index (Phi) is 3.60. The van der Waals surface area contributed by atoms with Crippen LogP contribution in [-0.4, -0.2) is 24.9 Å². The summed E-state index contributed by atoms with van der Waals surface area (Å²) in [5.74, 6) is 0.496. The summed E-state index contributed by atoms with van der Waals surface area (Å²) in [5, 5.41) is 8.67. The Balaban J connectivity index is 2.27. The summed E-state index contributed by atoms with van der Waals surface area (Å²) in [6.07, 6.45) is 3.04. The standard InChI is InChI=1S/C9H16O2/c1-8(4-5-10)9-3-2-6-11-7-9/h9-10H,1-7H2. The fourth-order valence-electron chi connectivity index (χ4n) is 1.41. The van der Waals surface area contributed by atoms with E-state index in [-0.39, 0.29) is 6.61 Å². The van der Waals surface area contributed by atoms with E-state index in [0.29, 0.717) is 5.92 Å². The molecule has 1 N–H and O–H groups in total. The highest BCUT2D eigenvalue weighted by atomic mass is 16.5. The van der Waals surface area contributed by atoms with Crippen molar-refractivity contribution in [1.29, 1.82) is 0 Å². The van der Waals surface area contributed by atoms with Crippen LogP contribution in [0.2, 0.25) is 0 Å². The third kappa shape index (κ3) is 2.64. The van der Waals surface area contributed by atoms with Crippen LogP contribution in [0.25, 0.3) is 0 Å². The van der Waals surface area contributed by atoms with Crippen LogP contribution < -0.4 is 0 Å². The largest absolute Gasteiger partial charge is 0.396 e. The molecule has 0 amide bonds. The number of rotatable bonds is 3. The zero-order valence-corrected chi connectivity index (χ0v) is 6.88. The van der Waals surface area contributed by atoms with Crippen molar-refractivity contribution in [3.8, 4) is 0 Å². The first-order chi connectivity index (χ1) is 5.34. The van der Waals surface area contributed by atoms with Crippen LogP contribution in [0.1, 0.15) is 19.3 Å². The van der Waals surface area contributed by atoms with Crippen LogP contribution in [0.3, 0.4) is 0 Å². The van der Waals surface area contributed by atoms with Gasteiger partial charge in [-0.1, -0.05) is 12.2 Å². The molecule has 1 saturated heterocycles. The molecule has 0 aromatic carbocycles. The van der Waals surface area contributed by atoms with E-state index in [4.69, 9.17) is 9.84 Å². The maximum absolute atomic E-state index is 8.67. The first kappa shape index (κ1) is 8.75. The molecule has 0 aliphatic carbocycles. The molecule has 0 spiro atoms. The van der Waals surface area contributed by atoms with Crippen molar-refractivity contribution < 1.29 is 9.84 Å². The molecule has 1 heterocycles. The molecule has 1 atom stereocenters. The predicted molar refractivity (Wildman–Crippen MR) is 44.4 cm³/mol. The Morgan fingerprint density at radius 3 is 3.00 bits per heavy atom. The van der Waals surface area contributed by atoms with Gasteiger partial charge in [0.05, 0.1) is 6.61 Å². The summed E-state index contributed by atoms with van der Waals surface area (Å²) in [6.45, 7) is 5.84. The molecule has 1 rings (SSSR count). The van der Waals surface area contributed by atoms with Crippen LogP contribution in [0.15, 0.2) is 12.2 Å². The van der Waals surface area contributed by atoms with Gasteiger partial charge >= 0.3 is 0 Å².